The molecule has 0 spiro atoms. The molecule has 0 saturated carbocycles. The van der Waals surface area contributed by atoms with E-state index in [-0.39, 0.29) is 5.78 Å². The van der Waals surface area contributed by atoms with E-state index in [0.717, 1.165) is 16.6 Å². The smallest absolute Gasteiger partial charge is 0.159 e. The van der Waals surface area contributed by atoms with Gasteiger partial charge in [-0.3, -0.25) is 4.79 Å². The first-order chi connectivity index (χ1) is 7.65. The Kier molecular flexibility index (Phi) is 7.90. The predicted octanol–water partition coefficient (Wildman–Crippen LogP) is 4.47. The van der Waals surface area contributed by atoms with Crippen molar-refractivity contribution < 1.29 is 9.53 Å². The second kappa shape index (κ2) is 8.34. The molecule has 0 amide bonds. The maximum Gasteiger partial charge on any atom is 0.159 e. The van der Waals surface area contributed by atoms with Crippen molar-refractivity contribution in [2.24, 2.45) is 0 Å². The summed E-state index contributed by atoms with van der Waals surface area (Å²) >= 11 is 3.37. The van der Waals surface area contributed by atoms with Crippen LogP contribution in [0.1, 0.15) is 44.5 Å². The Labute approximate surface area is 106 Å². The third-order valence-corrected chi connectivity index (χ3v) is 2.42. The van der Waals surface area contributed by atoms with Crippen molar-refractivity contribution in [1.29, 1.82) is 0 Å². The molecule has 1 rings (SSSR count). The van der Waals surface area contributed by atoms with Crippen LogP contribution in [0.15, 0.2) is 22.7 Å². The van der Waals surface area contributed by atoms with Gasteiger partial charge in [0.25, 0.3) is 0 Å². The van der Waals surface area contributed by atoms with Crippen LogP contribution in [-0.4, -0.2) is 12.4 Å². The number of carbonyl (C=O) groups is 1. The molecule has 0 heterocycles. The van der Waals surface area contributed by atoms with Gasteiger partial charge in [0.1, 0.15) is 5.75 Å². The number of benzene rings is 1. The predicted molar refractivity (Wildman–Crippen MR) is 71.3 cm³/mol. The standard InChI is InChI=1S/C11H13BrO2.C2H6/c1-3-6-14-11-5-4-9(8(2)13)7-10(11)12;1-2/h4-5,7H,3,6H2,1-2H3;1-2H3. The third-order valence-electron chi connectivity index (χ3n) is 1.80. The molecule has 1 aromatic carbocycles. The third kappa shape index (κ3) is 4.79. The van der Waals surface area contributed by atoms with E-state index in [1.54, 1.807) is 19.1 Å². The van der Waals surface area contributed by atoms with Gasteiger partial charge in [0, 0.05) is 5.56 Å². The monoisotopic (exact) mass is 286 g/mol. The minimum atomic E-state index is 0.0627. The lowest BCUT2D eigenvalue weighted by molar-refractivity contribution is 0.101. The van der Waals surface area contributed by atoms with Crippen LogP contribution in [-0.2, 0) is 0 Å². The van der Waals surface area contributed by atoms with Crippen molar-refractivity contribution in [3.05, 3.63) is 28.2 Å². The number of ether oxygens (including phenoxy) is 1. The highest BCUT2D eigenvalue weighted by Crippen LogP contribution is 2.26. The van der Waals surface area contributed by atoms with Crippen LogP contribution >= 0.6 is 15.9 Å². The molecule has 90 valence electrons. The van der Waals surface area contributed by atoms with Gasteiger partial charge in [0.05, 0.1) is 11.1 Å². The Bertz CT molecular complexity index is 335. The molecule has 16 heavy (non-hydrogen) atoms. The van der Waals surface area contributed by atoms with Gasteiger partial charge in [-0.15, -0.1) is 0 Å². The first kappa shape index (κ1) is 15.2. The normalized spacial score (nSPS) is 9.06. The molecule has 0 bridgehead atoms. The summed E-state index contributed by atoms with van der Waals surface area (Å²) in [6.07, 6.45) is 0.973. The minimum Gasteiger partial charge on any atom is -0.492 e. The van der Waals surface area contributed by atoms with Gasteiger partial charge in [-0.1, -0.05) is 20.8 Å². The van der Waals surface area contributed by atoms with Crippen molar-refractivity contribution in [3.63, 3.8) is 0 Å². The lowest BCUT2D eigenvalue weighted by Crippen LogP contribution is -1.97. The molecular formula is C13H19BrO2. The van der Waals surface area contributed by atoms with Crippen LogP contribution in [0, 0.1) is 0 Å². The molecule has 1 aromatic rings. The highest BCUT2D eigenvalue weighted by molar-refractivity contribution is 9.10. The van der Waals surface area contributed by atoms with Crippen LogP contribution in [0.25, 0.3) is 0 Å². The summed E-state index contributed by atoms with van der Waals surface area (Å²) in [7, 11) is 0. The Morgan fingerprint density at radius 2 is 2.00 bits per heavy atom. The molecule has 0 saturated heterocycles. The van der Waals surface area contributed by atoms with E-state index in [9.17, 15) is 4.79 Å². The summed E-state index contributed by atoms with van der Waals surface area (Å²) in [5.41, 5.74) is 0.695. The van der Waals surface area contributed by atoms with Crippen LogP contribution in [0.2, 0.25) is 0 Å². The first-order valence-corrected chi connectivity index (χ1v) is 6.37. The van der Waals surface area contributed by atoms with E-state index in [0.29, 0.717) is 12.2 Å². The Morgan fingerprint density at radius 3 is 2.44 bits per heavy atom. The lowest BCUT2D eigenvalue weighted by Gasteiger charge is -2.07. The largest absolute Gasteiger partial charge is 0.492 e. The van der Waals surface area contributed by atoms with Crippen molar-refractivity contribution in [2.75, 3.05) is 6.61 Å². The number of rotatable bonds is 4. The number of ketones is 1. The number of carbonyl (C=O) groups excluding carboxylic acids is 1. The van der Waals surface area contributed by atoms with Gasteiger partial charge >= 0.3 is 0 Å². The van der Waals surface area contributed by atoms with Gasteiger partial charge in [-0.25, -0.2) is 0 Å². The molecule has 0 unspecified atom stereocenters. The average Bonchev–Trinajstić information content (AvgIpc) is 2.30. The van der Waals surface area contributed by atoms with E-state index in [4.69, 9.17) is 4.74 Å². The molecule has 0 fully saturated rings. The summed E-state index contributed by atoms with van der Waals surface area (Å²) in [6.45, 7) is 8.30. The summed E-state index contributed by atoms with van der Waals surface area (Å²) in [6, 6.07) is 5.38. The maximum absolute atomic E-state index is 11.1. The molecule has 0 atom stereocenters. The molecule has 2 nitrogen and oxygen atoms in total. The van der Waals surface area contributed by atoms with Crippen molar-refractivity contribution >= 4 is 21.7 Å². The van der Waals surface area contributed by atoms with Crippen LogP contribution in [0.5, 0.6) is 5.75 Å². The second-order valence-corrected chi connectivity index (χ2v) is 3.90. The van der Waals surface area contributed by atoms with E-state index in [1.165, 1.54) is 0 Å². The SMILES string of the molecule is CC.CCCOc1ccc(C(C)=O)cc1Br. The van der Waals surface area contributed by atoms with Crippen molar-refractivity contribution in [1.82, 2.24) is 0 Å². The summed E-state index contributed by atoms with van der Waals surface area (Å²) in [5, 5.41) is 0. The molecule has 3 heteroatoms. The number of Topliss-reactive ketones (excluding diaryl/α,β-unsaturated/α-hetero) is 1. The summed E-state index contributed by atoms with van der Waals surface area (Å²) in [5.74, 6) is 0.851. The zero-order chi connectivity index (χ0) is 12.6. The molecule has 0 aliphatic heterocycles. The Morgan fingerprint density at radius 1 is 1.38 bits per heavy atom. The zero-order valence-corrected chi connectivity index (χ0v) is 11.9. The van der Waals surface area contributed by atoms with E-state index in [1.807, 2.05) is 19.9 Å². The fourth-order valence-corrected chi connectivity index (χ4v) is 1.54. The first-order valence-electron chi connectivity index (χ1n) is 5.58. The topological polar surface area (TPSA) is 26.3 Å². The van der Waals surface area contributed by atoms with Gasteiger partial charge in [0.15, 0.2) is 5.78 Å². The van der Waals surface area contributed by atoms with Gasteiger partial charge in [-0.05, 0) is 47.5 Å². The lowest BCUT2D eigenvalue weighted by atomic mass is 10.1. The Hall–Kier alpha value is -0.830. The molecule has 0 aliphatic rings. The van der Waals surface area contributed by atoms with Crippen LogP contribution in [0.4, 0.5) is 0 Å². The van der Waals surface area contributed by atoms with E-state index in [2.05, 4.69) is 22.9 Å². The molecule has 0 aliphatic carbocycles. The number of hydrogen-bond acceptors (Lipinski definition) is 2. The fourth-order valence-electron chi connectivity index (χ4n) is 1.05. The second-order valence-electron chi connectivity index (χ2n) is 3.05. The summed E-state index contributed by atoms with van der Waals surface area (Å²) < 4.78 is 6.29. The Balaban J connectivity index is 0.00000106. The number of halogens is 1. The van der Waals surface area contributed by atoms with Crippen molar-refractivity contribution in [2.45, 2.75) is 34.1 Å². The molecular weight excluding hydrogens is 268 g/mol. The van der Waals surface area contributed by atoms with Crippen LogP contribution in [0.3, 0.4) is 0 Å². The zero-order valence-electron chi connectivity index (χ0n) is 10.3. The quantitative estimate of drug-likeness (QED) is 0.764. The number of hydrogen-bond donors (Lipinski definition) is 0. The molecule has 0 aromatic heterocycles. The van der Waals surface area contributed by atoms with Gasteiger partial charge < -0.3 is 4.74 Å². The highest BCUT2D eigenvalue weighted by atomic mass is 79.9. The minimum absolute atomic E-state index is 0.0627. The van der Waals surface area contributed by atoms with Gasteiger partial charge in [0.2, 0.25) is 0 Å². The maximum atomic E-state index is 11.1. The van der Waals surface area contributed by atoms with E-state index >= 15 is 0 Å². The summed E-state index contributed by atoms with van der Waals surface area (Å²) in [4.78, 5) is 11.1. The van der Waals surface area contributed by atoms with Gasteiger partial charge in [-0.2, -0.15) is 0 Å². The molecule has 0 N–H and O–H groups in total. The van der Waals surface area contributed by atoms with E-state index < -0.39 is 0 Å². The average molecular weight is 287 g/mol. The van der Waals surface area contributed by atoms with Crippen LogP contribution < -0.4 is 4.74 Å². The molecule has 0 radical (unpaired) electrons. The van der Waals surface area contributed by atoms with Crippen molar-refractivity contribution in [3.8, 4) is 5.75 Å². The highest BCUT2D eigenvalue weighted by Gasteiger charge is 2.04. The fraction of sp³-hybridized carbons (Fsp3) is 0.462.